The Labute approximate surface area is 164 Å². The molecule has 4 rings (SSSR count). The van der Waals surface area contributed by atoms with Crippen LogP contribution in [0.25, 0.3) is 5.65 Å². The average Bonchev–Trinajstić information content (AvgIpc) is 3.18. The number of alkyl halides is 2. The van der Waals surface area contributed by atoms with E-state index in [0.29, 0.717) is 24.3 Å². The van der Waals surface area contributed by atoms with Crippen molar-refractivity contribution >= 4 is 11.6 Å². The molecular formula is C20H19F3N4O2. The predicted molar refractivity (Wildman–Crippen MR) is 98.4 cm³/mol. The van der Waals surface area contributed by atoms with E-state index < -0.39 is 18.0 Å². The number of piperidine rings is 1. The highest BCUT2D eigenvalue weighted by Crippen LogP contribution is 2.34. The van der Waals surface area contributed by atoms with Gasteiger partial charge in [-0.2, -0.15) is 5.10 Å². The summed E-state index contributed by atoms with van der Waals surface area (Å²) in [6.45, 7) is 2.75. The van der Waals surface area contributed by atoms with Gasteiger partial charge in [0.2, 0.25) is 0 Å². The van der Waals surface area contributed by atoms with Crippen molar-refractivity contribution in [3.8, 4) is 5.75 Å². The summed E-state index contributed by atoms with van der Waals surface area (Å²) in [5.74, 6) is -1.88. The molecule has 2 atom stereocenters. The highest BCUT2D eigenvalue weighted by atomic mass is 19.3. The molecule has 0 aliphatic carbocycles. The highest BCUT2D eigenvalue weighted by Gasteiger charge is 2.33. The summed E-state index contributed by atoms with van der Waals surface area (Å²) in [6, 6.07) is 6.40. The molecule has 29 heavy (non-hydrogen) atoms. The zero-order chi connectivity index (χ0) is 20.7. The molecule has 0 bridgehead atoms. The number of fused-ring (bicyclic) bond motifs is 1. The molecule has 1 aromatic carbocycles. The Kier molecular flexibility index (Phi) is 4.89. The predicted octanol–water partition coefficient (Wildman–Crippen LogP) is 3.78. The molecule has 1 aliphatic heterocycles. The normalized spacial score (nSPS) is 19.8. The SMILES string of the molecule is CC1CCN(C(=O)c2ccc(O)c(F)c2)C[C@H]1c1cc(C(F)F)nc2ccnn12. The van der Waals surface area contributed by atoms with Crippen molar-refractivity contribution in [2.24, 2.45) is 5.92 Å². The number of aromatic hydroxyl groups is 1. The fourth-order valence-corrected chi connectivity index (χ4v) is 3.79. The standard InChI is InChI=1S/C20H19F3N4O2/c1-11-5-7-26(20(29)12-2-3-17(28)14(21)8-12)10-13(11)16-9-15(19(22)23)25-18-4-6-24-27(16)18/h2-4,6,8-9,11,13,19,28H,5,7,10H2,1H3/t11?,13-/m1/s1. The number of benzene rings is 1. The van der Waals surface area contributed by atoms with Crippen LogP contribution in [0, 0.1) is 11.7 Å². The quantitative estimate of drug-likeness (QED) is 0.721. The van der Waals surface area contributed by atoms with Crippen LogP contribution in [0.1, 0.15) is 47.4 Å². The largest absolute Gasteiger partial charge is 0.505 e. The molecule has 0 saturated carbocycles. The van der Waals surface area contributed by atoms with Crippen molar-refractivity contribution < 1.29 is 23.1 Å². The maximum atomic E-state index is 13.7. The van der Waals surface area contributed by atoms with Gasteiger partial charge in [-0.3, -0.25) is 4.79 Å². The third-order valence-electron chi connectivity index (χ3n) is 5.45. The van der Waals surface area contributed by atoms with E-state index in [4.69, 9.17) is 0 Å². The van der Waals surface area contributed by atoms with Crippen LogP contribution in [-0.2, 0) is 0 Å². The minimum Gasteiger partial charge on any atom is -0.505 e. The first-order valence-electron chi connectivity index (χ1n) is 9.25. The summed E-state index contributed by atoms with van der Waals surface area (Å²) in [5.41, 5.74) is 0.691. The highest BCUT2D eigenvalue weighted by molar-refractivity contribution is 5.94. The summed E-state index contributed by atoms with van der Waals surface area (Å²) < 4.78 is 41.8. The van der Waals surface area contributed by atoms with Crippen LogP contribution < -0.4 is 0 Å². The van der Waals surface area contributed by atoms with Crippen LogP contribution in [-0.4, -0.2) is 43.6 Å². The minimum atomic E-state index is -2.72. The number of rotatable bonds is 3. The minimum absolute atomic E-state index is 0.121. The molecule has 1 fully saturated rings. The lowest BCUT2D eigenvalue weighted by Gasteiger charge is -2.37. The number of nitrogens with zero attached hydrogens (tertiary/aromatic N) is 4. The molecular weight excluding hydrogens is 385 g/mol. The number of hydrogen-bond donors (Lipinski definition) is 1. The van der Waals surface area contributed by atoms with Gasteiger partial charge in [-0.15, -0.1) is 0 Å². The molecule has 0 radical (unpaired) electrons. The summed E-state index contributed by atoms with van der Waals surface area (Å²) in [5, 5.41) is 13.5. The molecule has 152 valence electrons. The van der Waals surface area contributed by atoms with Crippen molar-refractivity contribution in [2.75, 3.05) is 13.1 Å². The molecule has 1 saturated heterocycles. The number of carbonyl (C=O) groups is 1. The van der Waals surface area contributed by atoms with Gasteiger partial charge in [0, 0.05) is 30.6 Å². The third-order valence-corrected chi connectivity index (χ3v) is 5.45. The summed E-state index contributed by atoms with van der Waals surface area (Å²) >= 11 is 0. The average molecular weight is 404 g/mol. The molecule has 1 unspecified atom stereocenters. The Morgan fingerprint density at radius 3 is 2.79 bits per heavy atom. The Balaban J connectivity index is 1.68. The van der Waals surface area contributed by atoms with Gasteiger partial charge in [-0.25, -0.2) is 22.7 Å². The maximum Gasteiger partial charge on any atom is 0.280 e. The zero-order valence-electron chi connectivity index (χ0n) is 15.6. The lowest BCUT2D eigenvalue weighted by Crippen LogP contribution is -2.42. The van der Waals surface area contributed by atoms with E-state index in [2.05, 4.69) is 10.1 Å². The molecule has 2 aromatic heterocycles. The van der Waals surface area contributed by atoms with Gasteiger partial charge in [-0.1, -0.05) is 6.92 Å². The van der Waals surface area contributed by atoms with Gasteiger partial charge in [0.05, 0.1) is 11.9 Å². The number of halogens is 3. The lowest BCUT2D eigenvalue weighted by molar-refractivity contribution is 0.0665. The number of carbonyl (C=O) groups excluding carboxylic acids is 1. The zero-order valence-corrected chi connectivity index (χ0v) is 15.6. The molecule has 1 aliphatic rings. The number of aromatic nitrogens is 3. The van der Waals surface area contributed by atoms with Gasteiger partial charge >= 0.3 is 0 Å². The van der Waals surface area contributed by atoms with E-state index in [1.54, 1.807) is 11.0 Å². The first-order chi connectivity index (χ1) is 13.8. The van der Waals surface area contributed by atoms with Crippen molar-refractivity contribution in [2.45, 2.75) is 25.7 Å². The van der Waals surface area contributed by atoms with Crippen LogP contribution in [0.5, 0.6) is 5.75 Å². The second-order valence-electron chi connectivity index (χ2n) is 7.30. The van der Waals surface area contributed by atoms with Gasteiger partial charge in [-0.05, 0) is 36.6 Å². The summed E-state index contributed by atoms with van der Waals surface area (Å²) in [6.07, 6.45) is -0.562. The molecule has 3 heterocycles. The van der Waals surface area contributed by atoms with E-state index in [1.165, 1.54) is 22.8 Å². The fourth-order valence-electron chi connectivity index (χ4n) is 3.79. The van der Waals surface area contributed by atoms with E-state index in [0.717, 1.165) is 12.1 Å². The number of phenolic OH excluding ortho intramolecular Hbond substituents is 1. The number of phenols is 1. The molecule has 1 amide bonds. The first-order valence-corrected chi connectivity index (χ1v) is 9.25. The first kappa shape index (κ1) is 19.2. The van der Waals surface area contributed by atoms with E-state index in [9.17, 15) is 23.1 Å². The number of likely N-dealkylation sites (tertiary alicyclic amines) is 1. The molecule has 0 spiro atoms. The van der Waals surface area contributed by atoms with Crippen molar-refractivity contribution in [1.82, 2.24) is 19.5 Å². The van der Waals surface area contributed by atoms with Crippen LogP contribution in [0.3, 0.4) is 0 Å². The van der Waals surface area contributed by atoms with Gasteiger partial charge in [0.15, 0.2) is 17.2 Å². The summed E-state index contributed by atoms with van der Waals surface area (Å²) in [7, 11) is 0. The molecule has 9 heteroatoms. The third kappa shape index (κ3) is 3.52. The fraction of sp³-hybridized carbons (Fsp3) is 0.350. The van der Waals surface area contributed by atoms with Gasteiger partial charge in [0.1, 0.15) is 5.69 Å². The Morgan fingerprint density at radius 2 is 2.07 bits per heavy atom. The Hall–Kier alpha value is -3.10. The lowest BCUT2D eigenvalue weighted by atomic mass is 9.84. The van der Waals surface area contributed by atoms with Crippen molar-refractivity contribution in [3.63, 3.8) is 0 Å². The Bertz CT molecular complexity index is 1070. The van der Waals surface area contributed by atoms with Crippen LogP contribution in [0.2, 0.25) is 0 Å². The van der Waals surface area contributed by atoms with E-state index in [1.807, 2.05) is 6.92 Å². The monoisotopic (exact) mass is 404 g/mol. The van der Waals surface area contributed by atoms with Crippen LogP contribution in [0.4, 0.5) is 13.2 Å². The van der Waals surface area contributed by atoms with Gasteiger partial charge in [0.25, 0.3) is 12.3 Å². The molecule has 3 aromatic rings. The van der Waals surface area contributed by atoms with Crippen LogP contribution >= 0.6 is 0 Å². The topological polar surface area (TPSA) is 70.7 Å². The maximum absolute atomic E-state index is 13.7. The number of hydrogen-bond acceptors (Lipinski definition) is 4. The van der Waals surface area contributed by atoms with E-state index in [-0.39, 0.29) is 35.5 Å². The molecule has 6 nitrogen and oxygen atoms in total. The van der Waals surface area contributed by atoms with E-state index >= 15 is 0 Å². The van der Waals surface area contributed by atoms with Crippen molar-refractivity contribution in [1.29, 1.82) is 0 Å². The smallest absolute Gasteiger partial charge is 0.280 e. The van der Waals surface area contributed by atoms with Gasteiger partial charge < -0.3 is 10.0 Å². The Morgan fingerprint density at radius 1 is 1.28 bits per heavy atom. The molecule has 1 N–H and O–H groups in total. The second kappa shape index (κ2) is 7.38. The second-order valence-corrected chi connectivity index (χ2v) is 7.30. The van der Waals surface area contributed by atoms with Crippen molar-refractivity contribution in [3.05, 3.63) is 59.3 Å². The summed E-state index contributed by atoms with van der Waals surface area (Å²) in [4.78, 5) is 18.4. The van der Waals surface area contributed by atoms with Crippen LogP contribution in [0.15, 0.2) is 36.5 Å². The number of amides is 1.